The van der Waals surface area contributed by atoms with Crippen molar-refractivity contribution in [3.8, 4) is 0 Å². The number of amides is 1. The number of carbonyl (C=O) groups is 1. The molecular formula is C10H21N3O2S. The van der Waals surface area contributed by atoms with Crippen LogP contribution in [0, 0.1) is 0 Å². The third-order valence-electron chi connectivity index (χ3n) is 1.76. The summed E-state index contributed by atoms with van der Waals surface area (Å²) in [7, 11) is 1.62. The van der Waals surface area contributed by atoms with Crippen LogP contribution in [-0.4, -0.2) is 43.4 Å². The topological polar surface area (TPSA) is 62.4 Å². The molecule has 3 N–H and O–H groups in total. The number of nitrogens with one attached hydrogen (secondary N) is 3. The molecule has 0 fully saturated rings. The van der Waals surface area contributed by atoms with E-state index in [1.54, 1.807) is 14.0 Å². The standard InChI is InChI=1S/C10H21N3O2S/c1-7(2)12-9(14)8(3)13-10(16)11-5-6-15-4/h7-8H,5-6H2,1-4H3,(H,12,14)(H2,11,13,16). The lowest BCUT2D eigenvalue weighted by atomic mass is 10.3. The summed E-state index contributed by atoms with van der Waals surface area (Å²) in [5.74, 6) is -0.0640. The molecule has 0 bridgehead atoms. The van der Waals surface area contributed by atoms with Crippen LogP contribution < -0.4 is 16.0 Å². The van der Waals surface area contributed by atoms with E-state index in [4.69, 9.17) is 17.0 Å². The first-order valence-electron chi connectivity index (χ1n) is 5.31. The molecule has 0 aliphatic carbocycles. The highest BCUT2D eigenvalue weighted by molar-refractivity contribution is 7.80. The number of ether oxygens (including phenoxy) is 1. The van der Waals surface area contributed by atoms with E-state index in [9.17, 15) is 4.79 Å². The highest BCUT2D eigenvalue weighted by Crippen LogP contribution is 1.85. The van der Waals surface area contributed by atoms with Crippen LogP contribution >= 0.6 is 12.2 Å². The minimum absolute atomic E-state index is 0.0640. The van der Waals surface area contributed by atoms with Crippen LogP contribution in [0.2, 0.25) is 0 Å². The molecule has 94 valence electrons. The Morgan fingerprint density at radius 3 is 2.44 bits per heavy atom. The fourth-order valence-corrected chi connectivity index (χ4v) is 1.27. The Bertz CT molecular complexity index is 234. The molecule has 1 atom stereocenters. The lowest BCUT2D eigenvalue weighted by Crippen LogP contribution is -2.50. The normalized spacial score (nSPS) is 12.1. The van der Waals surface area contributed by atoms with E-state index in [0.717, 1.165) is 0 Å². The van der Waals surface area contributed by atoms with Gasteiger partial charge in [-0.2, -0.15) is 0 Å². The summed E-state index contributed by atoms with van der Waals surface area (Å²) in [6.45, 7) is 6.80. The van der Waals surface area contributed by atoms with E-state index in [0.29, 0.717) is 18.3 Å². The molecule has 0 heterocycles. The molecule has 0 spiro atoms. The molecule has 1 amide bonds. The first-order valence-corrected chi connectivity index (χ1v) is 5.72. The second-order valence-corrected chi connectivity index (χ2v) is 4.19. The van der Waals surface area contributed by atoms with Gasteiger partial charge in [0.25, 0.3) is 0 Å². The first-order chi connectivity index (χ1) is 7.47. The monoisotopic (exact) mass is 247 g/mol. The SMILES string of the molecule is COCCNC(=S)NC(C)C(=O)NC(C)C. The van der Waals surface area contributed by atoms with Gasteiger partial charge in [0.1, 0.15) is 6.04 Å². The molecule has 0 aliphatic heterocycles. The van der Waals surface area contributed by atoms with Gasteiger partial charge in [-0.15, -0.1) is 0 Å². The molecule has 5 nitrogen and oxygen atoms in total. The minimum Gasteiger partial charge on any atom is -0.383 e. The van der Waals surface area contributed by atoms with Gasteiger partial charge >= 0.3 is 0 Å². The van der Waals surface area contributed by atoms with Gasteiger partial charge in [-0.3, -0.25) is 4.79 Å². The van der Waals surface area contributed by atoms with E-state index in [1.165, 1.54) is 0 Å². The van der Waals surface area contributed by atoms with Crippen molar-refractivity contribution < 1.29 is 9.53 Å². The number of hydrogen-bond donors (Lipinski definition) is 3. The van der Waals surface area contributed by atoms with Crippen LogP contribution in [0.5, 0.6) is 0 Å². The van der Waals surface area contributed by atoms with Crippen LogP contribution in [0.4, 0.5) is 0 Å². The van der Waals surface area contributed by atoms with Gasteiger partial charge in [0.15, 0.2) is 5.11 Å². The van der Waals surface area contributed by atoms with E-state index < -0.39 is 0 Å². The molecule has 0 aromatic rings. The maximum absolute atomic E-state index is 11.5. The highest BCUT2D eigenvalue weighted by atomic mass is 32.1. The van der Waals surface area contributed by atoms with E-state index in [1.807, 2.05) is 13.8 Å². The second kappa shape index (κ2) is 8.29. The lowest BCUT2D eigenvalue weighted by molar-refractivity contribution is -0.122. The van der Waals surface area contributed by atoms with Crippen molar-refractivity contribution in [1.29, 1.82) is 0 Å². The highest BCUT2D eigenvalue weighted by Gasteiger charge is 2.13. The fraction of sp³-hybridized carbons (Fsp3) is 0.800. The average Bonchev–Trinajstić information content (AvgIpc) is 2.16. The zero-order chi connectivity index (χ0) is 12.6. The van der Waals surface area contributed by atoms with Crippen molar-refractivity contribution in [2.45, 2.75) is 32.9 Å². The van der Waals surface area contributed by atoms with E-state index in [-0.39, 0.29) is 18.0 Å². The minimum atomic E-state index is -0.343. The van der Waals surface area contributed by atoms with Crippen molar-refractivity contribution in [3.05, 3.63) is 0 Å². The van der Waals surface area contributed by atoms with Crippen LogP contribution in [0.25, 0.3) is 0 Å². The smallest absolute Gasteiger partial charge is 0.242 e. The zero-order valence-electron chi connectivity index (χ0n) is 10.3. The molecular weight excluding hydrogens is 226 g/mol. The average molecular weight is 247 g/mol. The van der Waals surface area contributed by atoms with Crippen LogP contribution in [0.1, 0.15) is 20.8 Å². The van der Waals surface area contributed by atoms with Crippen LogP contribution in [-0.2, 0) is 9.53 Å². The molecule has 0 saturated carbocycles. The Hall–Kier alpha value is -0.880. The molecule has 0 saturated heterocycles. The largest absolute Gasteiger partial charge is 0.383 e. The summed E-state index contributed by atoms with van der Waals surface area (Å²) in [5.41, 5.74) is 0. The Morgan fingerprint density at radius 2 is 1.94 bits per heavy atom. The summed E-state index contributed by atoms with van der Waals surface area (Å²) in [5, 5.41) is 9.10. The van der Waals surface area contributed by atoms with E-state index in [2.05, 4.69) is 16.0 Å². The van der Waals surface area contributed by atoms with Gasteiger partial charge in [0, 0.05) is 19.7 Å². The lowest BCUT2D eigenvalue weighted by Gasteiger charge is -2.18. The zero-order valence-corrected chi connectivity index (χ0v) is 11.1. The Labute approximate surface area is 102 Å². The van der Waals surface area contributed by atoms with Crippen molar-refractivity contribution in [3.63, 3.8) is 0 Å². The van der Waals surface area contributed by atoms with Crippen molar-refractivity contribution in [2.24, 2.45) is 0 Å². The molecule has 0 radical (unpaired) electrons. The second-order valence-electron chi connectivity index (χ2n) is 3.78. The molecule has 0 rings (SSSR count). The summed E-state index contributed by atoms with van der Waals surface area (Å²) in [6, 6.07) is -0.211. The Morgan fingerprint density at radius 1 is 1.31 bits per heavy atom. The number of methoxy groups -OCH3 is 1. The summed E-state index contributed by atoms with van der Waals surface area (Å²) in [4.78, 5) is 11.5. The molecule has 0 aromatic heterocycles. The van der Waals surface area contributed by atoms with Crippen LogP contribution in [0.3, 0.4) is 0 Å². The summed E-state index contributed by atoms with van der Waals surface area (Å²) in [6.07, 6.45) is 0. The molecule has 16 heavy (non-hydrogen) atoms. The third-order valence-corrected chi connectivity index (χ3v) is 2.03. The molecule has 0 aromatic carbocycles. The number of hydrogen-bond acceptors (Lipinski definition) is 3. The van der Waals surface area contributed by atoms with Gasteiger partial charge in [0.2, 0.25) is 5.91 Å². The van der Waals surface area contributed by atoms with Gasteiger partial charge in [0.05, 0.1) is 6.61 Å². The summed E-state index contributed by atoms with van der Waals surface area (Å²) < 4.78 is 4.87. The van der Waals surface area contributed by atoms with Crippen molar-refractivity contribution >= 4 is 23.2 Å². The van der Waals surface area contributed by atoms with E-state index >= 15 is 0 Å². The van der Waals surface area contributed by atoms with Crippen LogP contribution in [0.15, 0.2) is 0 Å². The predicted molar refractivity (Wildman–Crippen MR) is 68.4 cm³/mol. The molecule has 6 heteroatoms. The number of thiocarbonyl (C=S) groups is 1. The summed E-state index contributed by atoms with van der Waals surface area (Å²) >= 11 is 5.02. The van der Waals surface area contributed by atoms with Gasteiger partial charge in [-0.25, -0.2) is 0 Å². The van der Waals surface area contributed by atoms with Gasteiger partial charge in [-0.05, 0) is 33.0 Å². The maximum atomic E-state index is 11.5. The van der Waals surface area contributed by atoms with Crippen molar-refractivity contribution in [1.82, 2.24) is 16.0 Å². The Kier molecular flexibility index (Phi) is 7.84. The maximum Gasteiger partial charge on any atom is 0.242 e. The first kappa shape index (κ1) is 15.1. The Balaban J connectivity index is 3.80. The number of carbonyl (C=O) groups excluding carboxylic acids is 1. The molecule has 0 aliphatic rings. The fourth-order valence-electron chi connectivity index (χ4n) is 0.989. The quantitative estimate of drug-likeness (QED) is 0.456. The van der Waals surface area contributed by atoms with Gasteiger partial charge in [-0.1, -0.05) is 0 Å². The van der Waals surface area contributed by atoms with Crippen molar-refractivity contribution in [2.75, 3.05) is 20.3 Å². The molecule has 1 unspecified atom stereocenters. The number of rotatable bonds is 6. The third kappa shape index (κ3) is 7.42. The van der Waals surface area contributed by atoms with Gasteiger partial charge < -0.3 is 20.7 Å². The predicted octanol–water partition coefficient (Wildman–Crippen LogP) is 0.0100.